The first-order chi connectivity index (χ1) is 7.38. The molecule has 0 unspecified atom stereocenters. The van der Waals surface area contributed by atoms with Crippen LogP contribution in [0.5, 0.6) is 0 Å². The Morgan fingerprint density at radius 1 is 1.25 bits per heavy atom. The Kier molecular flexibility index (Phi) is 4.09. The third-order valence-corrected chi connectivity index (χ3v) is 2.14. The van der Waals surface area contributed by atoms with Gasteiger partial charge in [-0.25, -0.2) is 4.98 Å². The van der Waals surface area contributed by atoms with Crippen LogP contribution in [0.25, 0.3) is 0 Å². The number of halogens is 3. The van der Waals surface area contributed by atoms with Crippen LogP contribution in [0.15, 0.2) is 6.20 Å². The van der Waals surface area contributed by atoms with Crippen molar-refractivity contribution in [2.45, 2.75) is 32.9 Å². The van der Waals surface area contributed by atoms with Gasteiger partial charge in [0.15, 0.2) is 0 Å². The maximum atomic E-state index is 11.8. The number of aryl methyl sites for hydroxylation is 2. The third kappa shape index (κ3) is 4.46. The fourth-order valence-corrected chi connectivity index (χ4v) is 1.13. The van der Waals surface area contributed by atoms with E-state index < -0.39 is 12.6 Å². The van der Waals surface area contributed by atoms with Crippen molar-refractivity contribution < 1.29 is 13.2 Å². The van der Waals surface area contributed by atoms with Gasteiger partial charge in [-0.3, -0.25) is 4.98 Å². The minimum atomic E-state index is -4.09. The van der Waals surface area contributed by atoms with Crippen LogP contribution in [0.1, 0.15) is 24.2 Å². The molecule has 1 N–H and O–H groups in total. The lowest BCUT2D eigenvalue weighted by Gasteiger charge is -2.08. The van der Waals surface area contributed by atoms with Crippen LogP contribution in [0.4, 0.5) is 19.0 Å². The molecule has 0 aliphatic carbocycles. The summed E-state index contributed by atoms with van der Waals surface area (Å²) in [6.45, 7) is 3.88. The standard InChI is InChI=1S/C10H14F3N3/c1-7-8(2)16-9(6-15-7)14-5-3-4-10(11,12)13/h6H,3-5H2,1-2H3,(H,14,16). The predicted octanol–water partition coefficient (Wildman–Crippen LogP) is 2.85. The fourth-order valence-electron chi connectivity index (χ4n) is 1.13. The quantitative estimate of drug-likeness (QED) is 0.812. The number of alkyl halides is 3. The van der Waals surface area contributed by atoms with E-state index in [9.17, 15) is 13.2 Å². The van der Waals surface area contributed by atoms with Gasteiger partial charge in [-0.1, -0.05) is 0 Å². The second-order valence-corrected chi connectivity index (χ2v) is 3.57. The number of rotatable bonds is 4. The van der Waals surface area contributed by atoms with Crippen molar-refractivity contribution in [3.8, 4) is 0 Å². The van der Waals surface area contributed by atoms with Crippen LogP contribution in [-0.2, 0) is 0 Å². The lowest BCUT2D eigenvalue weighted by Crippen LogP contribution is -2.11. The molecule has 0 saturated heterocycles. The average molecular weight is 233 g/mol. The summed E-state index contributed by atoms with van der Waals surface area (Å²) in [6, 6.07) is 0. The van der Waals surface area contributed by atoms with Crippen LogP contribution in [0.3, 0.4) is 0 Å². The molecule has 16 heavy (non-hydrogen) atoms. The SMILES string of the molecule is Cc1ncc(NCCCC(F)(F)F)nc1C. The van der Waals surface area contributed by atoms with E-state index >= 15 is 0 Å². The molecule has 0 spiro atoms. The summed E-state index contributed by atoms with van der Waals surface area (Å²) in [5, 5.41) is 2.81. The second kappa shape index (κ2) is 5.14. The van der Waals surface area contributed by atoms with Gasteiger partial charge in [-0.15, -0.1) is 0 Å². The van der Waals surface area contributed by atoms with E-state index in [1.165, 1.54) is 6.20 Å². The van der Waals surface area contributed by atoms with E-state index in [4.69, 9.17) is 0 Å². The summed E-state index contributed by atoms with van der Waals surface area (Å²) in [7, 11) is 0. The predicted molar refractivity (Wildman–Crippen MR) is 55.3 cm³/mol. The molecule has 1 heterocycles. The zero-order chi connectivity index (χ0) is 12.2. The van der Waals surface area contributed by atoms with E-state index in [1.54, 1.807) is 0 Å². The molecule has 0 bridgehead atoms. The molecule has 6 heteroatoms. The van der Waals surface area contributed by atoms with Crippen LogP contribution < -0.4 is 5.32 Å². The van der Waals surface area contributed by atoms with Gasteiger partial charge in [0, 0.05) is 13.0 Å². The zero-order valence-electron chi connectivity index (χ0n) is 9.23. The maximum Gasteiger partial charge on any atom is 0.389 e. The molecular formula is C10H14F3N3. The molecule has 0 aromatic carbocycles. The van der Waals surface area contributed by atoms with Gasteiger partial charge in [0.1, 0.15) is 5.82 Å². The molecule has 90 valence electrons. The maximum absolute atomic E-state index is 11.8. The van der Waals surface area contributed by atoms with Crippen molar-refractivity contribution >= 4 is 5.82 Å². The molecule has 0 fully saturated rings. The lowest BCUT2D eigenvalue weighted by atomic mass is 10.3. The van der Waals surface area contributed by atoms with Crippen LogP contribution in [-0.4, -0.2) is 22.7 Å². The van der Waals surface area contributed by atoms with E-state index in [0.717, 1.165) is 11.4 Å². The lowest BCUT2D eigenvalue weighted by molar-refractivity contribution is -0.134. The summed E-state index contributed by atoms with van der Waals surface area (Å²) in [4.78, 5) is 8.21. The summed E-state index contributed by atoms with van der Waals surface area (Å²) >= 11 is 0. The number of hydrogen-bond acceptors (Lipinski definition) is 3. The van der Waals surface area contributed by atoms with Crippen molar-refractivity contribution in [3.63, 3.8) is 0 Å². The first kappa shape index (κ1) is 12.7. The van der Waals surface area contributed by atoms with Gasteiger partial charge in [-0.05, 0) is 20.3 Å². The monoisotopic (exact) mass is 233 g/mol. The van der Waals surface area contributed by atoms with Crippen molar-refractivity contribution in [2.24, 2.45) is 0 Å². The molecule has 1 rings (SSSR count). The number of nitrogens with one attached hydrogen (secondary N) is 1. The van der Waals surface area contributed by atoms with E-state index in [2.05, 4.69) is 15.3 Å². The van der Waals surface area contributed by atoms with Crippen LogP contribution >= 0.6 is 0 Å². The summed E-state index contributed by atoms with van der Waals surface area (Å²) in [6.07, 6.45) is -3.30. The largest absolute Gasteiger partial charge is 0.389 e. The van der Waals surface area contributed by atoms with Crippen LogP contribution in [0, 0.1) is 13.8 Å². The highest BCUT2D eigenvalue weighted by Gasteiger charge is 2.25. The Hall–Kier alpha value is -1.33. The molecule has 0 aliphatic heterocycles. The van der Waals surface area contributed by atoms with Gasteiger partial charge < -0.3 is 5.32 Å². The Bertz CT molecular complexity index is 350. The van der Waals surface area contributed by atoms with Gasteiger partial charge in [0.2, 0.25) is 0 Å². The molecule has 1 aromatic heterocycles. The number of hydrogen-bond donors (Lipinski definition) is 1. The van der Waals surface area contributed by atoms with Gasteiger partial charge in [0.25, 0.3) is 0 Å². The van der Waals surface area contributed by atoms with Crippen LogP contribution in [0.2, 0.25) is 0 Å². The molecule has 1 aromatic rings. The zero-order valence-corrected chi connectivity index (χ0v) is 9.23. The third-order valence-electron chi connectivity index (χ3n) is 2.14. The highest BCUT2D eigenvalue weighted by atomic mass is 19.4. The van der Waals surface area contributed by atoms with Crippen molar-refractivity contribution in [2.75, 3.05) is 11.9 Å². The molecule has 0 atom stereocenters. The van der Waals surface area contributed by atoms with E-state index in [-0.39, 0.29) is 13.0 Å². The first-order valence-corrected chi connectivity index (χ1v) is 4.99. The average Bonchev–Trinajstić information content (AvgIpc) is 2.17. The molecule has 0 amide bonds. The number of aromatic nitrogens is 2. The Morgan fingerprint density at radius 2 is 1.94 bits per heavy atom. The number of anilines is 1. The Morgan fingerprint density at radius 3 is 2.50 bits per heavy atom. The Balaban J connectivity index is 2.35. The van der Waals surface area contributed by atoms with Crippen molar-refractivity contribution in [1.82, 2.24) is 9.97 Å². The first-order valence-electron chi connectivity index (χ1n) is 4.99. The summed E-state index contributed by atoms with van der Waals surface area (Å²) in [5.74, 6) is 0.519. The molecule has 0 saturated carbocycles. The normalized spacial score (nSPS) is 11.6. The molecule has 0 aliphatic rings. The van der Waals surface area contributed by atoms with Gasteiger partial charge in [-0.2, -0.15) is 13.2 Å². The highest BCUT2D eigenvalue weighted by Crippen LogP contribution is 2.21. The van der Waals surface area contributed by atoms with Gasteiger partial charge in [0.05, 0.1) is 17.6 Å². The molecular weight excluding hydrogens is 219 g/mol. The van der Waals surface area contributed by atoms with Crippen molar-refractivity contribution in [1.29, 1.82) is 0 Å². The fraction of sp³-hybridized carbons (Fsp3) is 0.600. The minimum Gasteiger partial charge on any atom is -0.369 e. The van der Waals surface area contributed by atoms with E-state index in [1.807, 2.05) is 13.8 Å². The topological polar surface area (TPSA) is 37.8 Å². The summed E-state index contributed by atoms with van der Waals surface area (Å²) < 4.78 is 35.5. The smallest absolute Gasteiger partial charge is 0.369 e. The molecule has 0 radical (unpaired) electrons. The molecule has 3 nitrogen and oxygen atoms in total. The van der Waals surface area contributed by atoms with Gasteiger partial charge >= 0.3 is 6.18 Å². The number of nitrogens with zero attached hydrogens (tertiary/aromatic N) is 2. The highest BCUT2D eigenvalue weighted by molar-refractivity contribution is 5.32. The van der Waals surface area contributed by atoms with Crippen molar-refractivity contribution in [3.05, 3.63) is 17.6 Å². The van der Waals surface area contributed by atoms with E-state index in [0.29, 0.717) is 5.82 Å². The second-order valence-electron chi connectivity index (χ2n) is 3.57. The minimum absolute atomic E-state index is 0.0398. The Labute approximate surface area is 92.1 Å². The summed E-state index contributed by atoms with van der Waals surface area (Å²) in [5.41, 5.74) is 1.60.